The molecular formula is C25H26N2O3S. The summed E-state index contributed by atoms with van der Waals surface area (Å²) in [6, 6.07) is 21.1. The summed E-state index contributed by atoms with van der Waals surface area (Å²) in [5.41, 5.74) is 2.16. The van der Waals surface area contributed by atoms with Gasteiger partial charge in [0.25, 0.3) is 0 Å². The highest BCUT2D eigenvalue weighted by atomic mass is 32.2. The Morgan fingerprint density at radius 1 is 0.903 bits per heavy atom. The normalized spacial score (nSPS) is 16.3. The minimum absolute atomic E-state index is 0.0324. The van der Waals surface area contributed by atoms with Gasteiger partial charge in [-0.1, -0.05) is 54.6 Å². The molecule has 2 heterocycles. The van der Waals surface area contributed by atoms with Crippen molar-refractivity contribution in [3.8, 4) is 0 Å². The second kappa shape index (κ2) is 8.46. The van der Waals surface area contributed by atoms with Gasteiger partial charge in [0, 0.05) is 23.4 Å². The van der Waals surface area contributed by atoms with Crippen molar-refractivity contribution in [3.63, 3.8) is 0 Å². The third-order valence-electron chi connectivity index (χ3n) is 6.21. The summed E-state index contributed by atoms with van der Waals surface area (Å²) in [5, 5.41) is 2.88. The average molecular weight is 435 g/mol. The van der Waals surface area contributed by atoms with Gasteiger partial charge in [0.1, 0.15) is 5.58 Å². The van der Waals surface area contributed by atoms with Crippen LogP contribution in [-0.2, 0) is 16.4 Å². The van der Waals surface area contributed by atoms with Crippen LogP contribution in [0.3, 0.4) is 0 Å². The molecule has 0 unspecified atom stereocenters. The van der Waals surface area contributed by atoms with Crippen LogP contribution in [0.5, 0.6) is 0 Å². The SMILES string of the molecule is O=S(=O)(NC1CCN(CCc2coc3ccccc23)CC1)c1cccc2ccccc12. The maximum absolute atomic E-state index is 13.1. The van der Waals surface area contributed by atoms with E-state index in [0.717, 1.165) is 55.3 Å². The number of likely N-dealkylation sites (tertiary alicyclic amines) is 1. The zero-order valence-corrected chi connectivity index (χ0v) is 18.1. The fourth-order valence-corrected chi connectivity index (χ4v) is 6.03. The third-order valence-corrected chi connectivity index (χ3v) is 7.79. The van der Waals surface area contributed by atoms with Crippen LogP contribution in [0.2, 0.25) is 0 Å². The molecule has 0 aliphatic carbocycles. The molecule has 0 spiro atoms. The Labute approximate surface area is 182 Å². The molecule has 1 fully saturated rings. The summed E-state index contributed by atoms with van der Waals surface area (Å²) in [7, 11) is -3.56. The zero-order valence-electron chi connectivity index (χ0n) is 17.3. The first-order valence-corrected chi connectivity index (χ1v) is 12.3. The van der Waals surface area contributed by atoms with Crippen LogP contribution < -0.4 is 4.72 Å². The van der Waals surface area contributed by atoms with E-state index < -0.39 is 10.0 Å². The number of furan rings is 1. The maximum Gasteiger partial charge on any atom is 0.241 e. The van der Waals surface area contributed by atoms with Gasteiger partial charge in [-0.3, -0.25) is 0 Å². The Balaban J connectivity index is 1.20. The van der Waals surface area contributed by atoms with Gasteiger partial charge < -0.3 is 9.32 Å². The van der Waals surface area contributed by atoms with Crippen molar-refractivity contribution in [1.29, 1.82) is 0 Å². The van der Waals surface area contributed by atoms with Gasteiger partial charge in [-0.05, 0) is 55.4 Å². The summed E-state index contributed by atoms with van der Waals surface area (Å²) in [6.07, 6.45) is 4.42. The summed E-state index contributed by atoms with van der Waals surface area (Å²) >= 11 is 0. The lowest BCUT2D eigenvalue weighted by atomic mass is 10.0. The lowest BCUT2D eigenvalue weighted by Crippen LogP contribution is -2.45. The minimum atomic E-state index is -3.56. The fraction of sp³-hybridized carbons (Fsp3) is 0.280. The zero-order chi connectivity index (χ0) is 21.3. The fourth-order valence-electron chi connectivity index (χ4n) is 4.49. The van der Waals surface area contributed by atoms with Crippen molar-refractivity contribution in [2.75, 3.05) is 19.6 Å². The van der Waals surface area contributed by atoms with E-state index in [1.807, 2.05) is 54.8 Å². The summed E-state index contributed by atoms with van der Waals surface area (Å²) in [5.74, 6) is 0. The molecule has 3 aromatic carbocycles. The van der Waals surface area contributed by atoms with Crippen molar-refractivity contribution < 1.29 is 12.8 Å². The number of hydrogen-bond donors (Lipinski definition) is 1. The van der Waals surface area contributed by atoms with Gasteiger partial charge >= 0.3 is 0 Å². The highest BCUT2D eigenvalue weighted by molar-refractivity contribution is 7.89. The quantitative estimate of drug-likeness (QED) is 0.483. The first kappa shape index (κ1) is 20.2. The van der Waals surface area contributed by atoms with Gasteiger partial charge in [0.2, 0.25) is 10.0 Å². The molecule has 6 heteroatoms. The van der Waals surface area contributed by atoms with Gasteiger partial charge in [-0.15, -0.1) is 0 Å². The second-order valence-electron chi connectivity index (χ2n) is 8.22. The summed E-state index contributed by atoms with van der Waals surface area (Å²) < 4.78 is 34.7. The van der Waals surface area contributed by atoms with Gasteiger partial charge in [0.05, 0.1) is 11.2 Å². The molecule has 0 radical (unpaired) electrons. The topological polar surface area (TPSA) is 62.6 Å². The smallest absolute Gasteiger partial charge is 0.241 e. The molecule has 0 amide bonds. The summed E-state index contributed by atoms with van der Waals surface area (Å²) in [4.78, 5) is 2.77. The number of nitrogens with zero attached hydrogens (tertiary/aromatic N) is 1. The Kier molecular flexibility index (Phi) is 5.52. The molecule has 5 nitrogen and oxygen atoms in total. The van der Waals surface area contributed by atoms with Crippen molar-refractivity contribution in [1.82, 2.24) is 9.62 Å². The molecule has 0 bridgehead atoms. The molecule has 1 aromatic heterocycles. The van der Waals surface area contributed by atoms with E-state index in [9.17, 15) is 8.42 Å². The molecular weight excluding hydrogens is 408 g/mol. The monoisotopic (exact) mass is 434 g/mol. The number of sulfonamides is 1. The molecule has 1 aliphatic heterocycles. The molecule has 31 heavy (non-hydrogen) atoms. The van der Waals surface area contributed by atoms with E-state index in [2.05, 4.69) is 15.7 Å². The molecule has 4 aromatic rings. The highest BCUT2D eigenvalue weighted by Gasteiger charge is 2.25. The number of rotatable bonds is 6. The molecule has 160 valence electrons. The molecule has 5 rings (SSSR count). The van der Waals surface area contributed by atoms with Gasteiger partial charge in [-0.25, -0.2) is 13.1 Å². The number of para-hydroxylation sites is 1. The molecule has 1 aliphatic rings. The highest BCUT2D eigenvalue weighted by Crippen LogP contribution is 2.25. The Morgan fingerprint density at radius 3 is 2.45 bits per heavy atom. The van der Waals surface area contributed by atoms with Crippen LogP contribution in [0.25, 0.3) is 21.7 Å². The minimum Gasteiger partial charge on any atom is -0.464 e. The van der Waals surface area contributed by atoms with E-state index in [-0.39, 0.29) is 6.04 Å². The molecule has 1 saturated heterocycles. The number of piperidine rings is 1. The van der Waals surface area contributed by atoms with E-state index in [4.69, 9.17) is 4.42 Å². The van der Waals surface area contributed by atoms with E-state index in [1.165, 1.54) is 10.9 Å². The lowest BCUT2D eigenvalue weighted by Gasteiger charge is -2.32. The second-order valence-corrected chi connectivity index (χ2v) is 9.90. The van der Waals surface area contributed by atoms with Gasteiger partial charge in [-0.2, -0.15) is 0 Å². The Hall–Kier alpha value is -2.67. The Bertz CT molecular complexity index is 1300. The summed E-state index contributed by atoms with van der Waals surface area (Å²) in [6.45, 7) is 2.73. The van der Waals surface area contributed by atoms with Crippen LogP contribution in [0.4, 0.5) is 0 Å². The predicted octanol–water partition coefficient (Wildman–Crippen LogP) is 4.57. The lowest BCUT2D eigenvalue weighted by molar-refractivity contribution is 0.209. The number of benzene rings is 3. The molecule has 1 N–H and O–H groups in total. The third kappa shape index (κ3) is 4.24. The largest absolute Gasteiger partial charge is 0.464 e. The van der Waals surface area contributed by atoms with Crippen molar-refractivity contribution in [3.05, 3.63) is 78.6 Å². The maximum atomic E-state index is 13.1. The first-order chi connectivity index (χ1) is 15.1. The van der Waals surface area contributed by atoms with Crippen LogP contribution in [0.15, 0.2) is 82.3 Å². The number of nitrogens with one attached hydrogen (secondary N) is 1. The van der Waals surface area contributed by atoms with Crippen LogP contribution in [0, 0.1) is 0 Å². The average Bonchev–Trinajstić information content (AvgIpc) is 3.21. The van der Waals surface area contributed by atoms with Crippen molar-refractivity contribution in [2.45, 2.75) is 30.2 Å². The van der Waals surface area contributed by atoms with E-state index in [1.54, 1.807) is 12.1 Å². The predicted molar refractivity (Wildman–Crippen MR) is 124 cm³/mol. The Morgan fingerprint density at radius 2 is 1.61 bits per heavy atom. The molecule has 0 saturated carbocycles. The van der Waals surface area contributed by atoms with Crippen molar-refractivity contribution in [2.24, 2.45) is 0 Å². The number of hydrogen-bond acceptors (Lipinski definition) is 4. The standard InChI is InChI=1S/C25H26N2O3S/c28-31(29,25-11-5-7-19-6-1-2-9-23(19)25)26-21-13-16-27(17-14-21)15-12-20-18-30-24-10-4-3-8-22(20)24/h1-11,18,21,26H,12-17H2. The van der Waals surface area contributed by atoms with E-state index >= 15 is 0 Å². The van der Waals surface area contributed by atoms with Crippen LogP contribution >= 0.6 is 0 Å². The van der Waals surface area contributed by atoms with Crippen molar-refractivity contribution >= 4 is 31.8 Å². The van der Waals surface area contributed by atoms with Crippen LogP contribution in [-0.4, -0.2) is 39.0 Å². The first-order valence-electron chi connectivity index (χ1n) is 10.8. The van der Waals surface area contributed by atoms with Crippen LogP contribution in [0.1, 0.15) is 18.4 Å². The van der Waals surface area contributed by atoms with E-state index in [0.29, 0.717) is 4.90 Å². The number of fused-ring (bicyclic) bond motifs is 2. The van der Waals surface area contributed by atoms with Gasteiger partial charge in [0.15, 0.2) is 0 Å². The molecule has 0 atom stereocenters.